The second-order valence-corrected chi connectivity index (χ2v) is 6.69. The van der Waals surface area contributed by atoms with E-state index in [1.165, 1.54) is 0 Å². The molecule has 0 saturated carbocycles. The summed E-state index contributed by atoms with van der Waals surface area (Å²) in [5.41, 5.74) is 1.40. The minimum absolute atomic E-state index is 0.0208. The summed E-state index contributed by atoms with van der Waals surface area (Å²) < 4.78 is 6.01. The maximum absolute atomic E-state index is 12.0. The first kappa shape index (κ1) is 19.0. The van der Waals surface area contributed by atoms with Crippen LogP contribution in [0.5, 0.6) is 0 Å². The van der Waals surface area contributed by atoms with Gasteiger partial charge in [0.25, 0.3) is 0 Å². The lowest BCUT2D eigenvalue weighted by Crippen LogP contribution is -2.09. The number of carbonyl (C=O) groups excluding carboxylic acids is 2. The Morgan fingerprint density at radius 1 is 0.741 bits per heavy atom. The van der Waals surface area contributed by atoms with Crippen molar-refractivity contribution in [3.05, 3.63) is 96.1 Å². The van der Waals surface area contributed by atoms with Crippen LogP contribution in [0.2, 0.25) is 0 Å². The van der Waals surface area contributed by atoms with E-state index in [1.54, 1.807) is 12.2 Å². The average molecular weight is 360 g/mol. The van der Waals surface area contributed by atoms with E-state index in [2.05, 4.69) is 0 Å². The topological polar surface area (TPSA) is 43.4 Å². The molecule has 2 aromatic carbocycles. The number of hydrogen-bond acceptors (Lipinski definition) is 3. The van der Waals surface area contributed by atoms with Crippen LogP contribution >= 0.6 is 0 Å². The molecule has 0 spiro atoms. The fourth-order valence-corrected chi connectivity index (χ4v) is 3.18. The van der Waals surface area contributed by atoms with Crippen LogP contribution in [-0.4, -0.2) is 23.8 Å². The van der Waals surface area contributed by atoms with E-state index in [9.17, 15) is 9.59 Å². The third-order valence-electron chi connectivity index (χ3n) is 4.65. The molecule has 2 atom stereocenters. The van der Waals surface area contributed by atoms with Gasteiger partial charge < -0.3 is 4.74 Å². The summed E-state index contributed by atoms with van der Waals surface area (Å²) >= 11 is 0. The van der Waals surface area contributed by atoms with Crippen LogP contribution in [0, 0.1) is 0 Å². The summed E-state index contributed by atoms with van der Waals surface area (Å²) in [5.74, 6) is 0.0417. The van der Waals surface area contributed by atoms with E-state index in [0.29, 0.717) is 11.1 Å². The summed E-state index contributed by atoms with van der Waals surface area (Å²) in [5, 5.41) is 0. The molecule has 1 aliphatic heterocycles. The lowest BCUT2D eigenvalue weighted by molar-refractivity contribution is 0.0490. The fourth-order valence-electron chi connectivity index (χ4n) is 3.18. The van der Waals surface area contributed by atoms with Crippen LogP contribution in [0.25, 0.3) is 0 Å². The van der Waals surface area contributed by atoms with Crippen molar-refractivity contribution in [2.24, 2.45) is 0 Å². The van der Waals surface area contributed by atoms with Gasteiger partial charge in [-0.05, 0) is 37.8 Å². The predicted octanol–water partition coefficient (Wildman–Crippen LogP) is 5.19. The smallest absolute Gasteiger partial charge is 0.185 e. The highest BCUT2D eigenvalue weighted by Gasteiger charge is 2.23. The molecular weight excluding hydrogens is 336 g/mol. The Labute approximate surface area is 160 Å². The second kappa shape index (κ2) is 9.79. The van der Waals surface area contributed by atoms with Crippen molar-refractivity contribution in [1.82, 2.24) is 0 Å². The molecule has 0 aliphatic carbocycles. The molecule has 0 N–H and O–H groups in total. The van der Waals surface area contributed by atoms with E-state index in [0.717, 1.165) is 25.7 Å². The quantitative estimate of drug-likeness (QED) is 0.480. The molecule has 0 bridgehead atoms. The Bertz CT molecular complexity index is 737. The second-order valence-electron chi connectivity index (χ2n) is 6.69. The zero-order valence-electron chi connectivity index (χ0n) is 15.3. The predicted molar refractivity (Wildman–Crippen MR) is 107 cm³/mol. The first-order valence-corrected chi connectivity index (χ1v) is 9.39. The summed E-state index contributed by atoms with van der Waals surface area (Å²) in [4.78, 5) is 24.1. The maximum Gasteiger partial charge on any atom is 0.185 e. The minimum Gasteiger partial charge on any atom is -0.374 e. The largest absolute Gasteiger partial charge is 0.374 e. The zero-order chi connectivity index (χ0) is 18.9. The molecule has 2 aromatic rings. The molecular formula is C24H24O3. The number of benzene rings is 2. The molecule has 3 nitrogen and oxygen atoms in total. The van der Waals surface area contributed by atoms with Crippen molar-refractivity contribution in [3.8, 4) is 0 Å². The van der Waals surface area contributed by atoms with Crippen molar-refractivity contribution in [1.29, 1.82) is 0 Å². The van der Waals surface area contributed by atoms with Crippen molar-refractivity contribution in [3.63, 3.8) is 0 Å². The highest BCUT2D eigenvalue weighted by Crippen LogP contribution is 2.25. The Kier molecular flexibility index (Phi) is 6.89. The van der Waals surface area contributed by atoms with Crippen molar-refractivity contribution < 1.29 is 14.3 Å². The van der Waals surface area contributed by atoms with Gasteiger partial charge in [-0.1, -0.05) is 72.8 Å². The molecule has 1 saturated heterocycles. The van der Waals surface area contributed by atoms with Crippen LogP contribution in [0.3, 0.4) is 0 Å². The van der Waals surface area contributed by atoms with E-state index in [-0.39, 0.29) is 23.8 Å². The summed E-state index contributed by atoms with van der Waals surface area (Å²) in [7, 11) is 0. The van der Waals surface area contributed by atoms with Gasteiger partial charge in [-0.3, -0.25) is 9.59 Å². The van der Waals surface area contributed by atoms with Crippen LogP contribution in [0.4, 0.5) is 0 Å². The van der Waals surface area contributed by atoms with Crippen molar-refractivity contribution in [2.75, 3.05) is 0 Å². The van der Waals surface area contributed by atoms with Gasteiger partial charge in [0.1, 0.15) is 0 Å². The van der Waals surface area contributed by atoms with Gasteiger partial charge in [0.15, 0.2) is 11.6 Å². The molecule has 0 radical (unpaired) electrons. The van der Waals surface area contributed by atoms with Crippen LogP contribution < -0.4 is 0 Å². The Morgan fingerprint density at radius 2 is 1.15 bits per heavy atom. The average Bonchev–Trinajstić information content (AvgIpc) is 3.17. The zero-order valence-corrected chi connectivity index (χ0v) is 15.3. The van der Waals surface area contributed by atoms with Gasteiger partial charge in [-0.2, -0.15) is 0 Å². The molecule has 27 heavy (non-hydrogen) atoms. The highest BCUT2D eigenvalue weighted by molar-refractivity contribution is 6.04. The van der Waals surface area contributed by atoms with Crippen LogP contribution in [0.1, 0.15) is 46.4 Å². The third kappa shape index (κ3) is 5.87. The molecule has 1 aliphatic rings. The number of allylic oxidation sites excluding steroid dienone is 2. The van der Waals surface area contributed by atoms with E-state index >= 15 is 0 Å². The summed E-state index contributed by atoms with van der Waals surface area (Å²) in [6, 6.07) is 18.5. The molecule has 0 aromatic heterocycles. The molecule has 3 heteroatoms. The number of ether oxygens (including phenoxy) is 1. The number of ketones is 2. The standard InChI is InChI=1S/C24H24O3/c25-23(19-9-3-1-4-10-19)15-7-13-21-17-18-22(27-21)14-8-16-24(26)20-11-5-2-6-12-20/h1-12,15-16,21-22H,13-14,17-18H2/b15-7+,16-8+/t21-,22+. The first-order valence-electron chi connectivity index (χ1n) is 9.39. The molecule has 138 valence electrons. The van der Waals surface area contributed by atoms with E-state index in [4.69, 9.17) is 4.74 Å². The number of hydrogen-bond donors (Lipinski definition) is 0. The SMILES string of the molecule is O=C(/C=C/C[C@@H]1CC[C@H](C/C=C/C(=O)c2ccccc2)O1)c1ccccc1. The van der Waals surface area contributed by atoms with Crippen LogP contribution in [0.15, 0.2) is 85.0 Å². The molecule has 0 amide bonds. The number of carbonyl (C=O) groups is 2. The summed E-state index contributed by atoms with van der Waals surface area (Å²) in [6.07, 6.45) is 10.8. The fraction of sp³-hybridized carbons (Fsp3) is 0.250. The Morgan fingerprint density at radius 3 is 1.56 bits per heavy atom. The Hall–Kier alpha value is -2.78. The molecule has 1 heterocycles. The van der Waals surface area contributed by atoms with Gasteiger partial charge in [0.05, 0.1) is 12.2 Å². The Balaban J connectivity index is 1.40. The lowest BCUT2D eigenvalue weighted by atomic mass is 10.1. The third-order valence-corrected chi connectivity index (χ3v) is 4.65. The molecule has 1 fully saturated rings. The molecule has 3 rings (SSSR count). The lowest BCUT2D eigenvalue weighted by Gasteiger charge is -2.10. The van der Waals surface area contributed by atoms with Gasteiger partial charge in [0, 0.05) is 11.1 Å². The van der Waals surface area contributed by atoms with Gasteiger partial charge >= 0.3 is 0 Å². The van der Waals surface area contributed by atoms with Crippen LogP contribution in [-0.2, 0) is 4.74 Å². The van der Waals surface area contributed by atoms with E-state index < -0.39 is 0 Å². The van der Waals surface area contributed by atoms with Gasteiger partial charge in [-0.15, -0.1) is 0 Å². The van der Waals surface area contributed by atoms with Gasteiger partial charge in [0.2, 0.25) is 0 Å². The maximum atomic E-state index is 12.0. The monoisotopic (exact) mass is 360 g/mol. The highest BCUT2D eigenvalue weighted by atomic mass is 16.5. The molecule has 0 unspecified atom stereocenters. The normalized spacial score (nSPS) is 19.7. The number of rotatable bonds is 8. The van der Waals surface area contributed by atoms with E-state index in [1.807, 2.05) is 72.8 Å². The minimum atomic E-state index is 0.0208. The summed E-state index contributed by atoms with van der Waals surface area (Å²) in [6.45, 7) is 0. The van der Waals surface area contributed by atoms with Gasteiger partial charge in [-0.25, -0.2) is 0 Å². The van der Waals surface area contributed by atoms with Crippen molar-refractivity contribution >= 4 is 11.6 Å². The van der Waals surface area contributed by atoms with Crippen molar-refractivity contribution in [2.45, 2.75) is 37.9 Å². The first-order chi connectivity index (χ1) is 13.2.